The number of anilines is 1. The SMILES string of the molecule is CCOc1cc(CNc2cccc(C(=O)O)c2C)ccc1OCc1c(F)cccc1Cl. The van der Waals surface area contributed by atoms with Crippen LogP contribution in [0, 0.1) is 12.7 Å². The summed E-state index contributed by atoms with van der Waals surface area (Å²) in [7, 11) is 0. The summed E-state index contributed by atoms with van der Waals surface area (Å²) in [6.07, 6.45) is 0. The van der Waals surface area contributed by atoms with E-state index in [0.29, 0.717) is 35.2 Å². The van der Waals surface area contributed by atoms with Gasteiger partial charge in [-0.05, 0) is 61.4 Å². The molecule has 0 heterocycles. The largest absolute Gasteiger partial charge is 0.490 e. The lowest BCUT2D eigenvalue weighted by Gasteiger charge is -2.15. The molecule has 3 aromatic rings. The summed E-state index contributed by atoms with van der Waals surface area (Å²) in [4.78, 5) is 11.3. The van der Waals surface area contributed by atoms with E-state index in [1.165, 1.54) is 6.07 Å². The Hall–Kier alpha value is -3.25. The first kappa shape index (κ1) is 22.4. The molecule has 31 heavy (non-hydrogen) atoms. The smallest absolute Gasteiger partial charge is 0.336 e. The van der Waals surface area contributed by atoms with Crippen LogP contribution >= 0.6 is 11.6 Å². The van der Waals surface area contributed by atoms with Gasteiger partial charge in [0.15, 0.2) is 11.5 Å². The van der Waals surface area contributed by atoms with Gasteiger partial charge in [-0.2, -0.15) is 0 Å². The lowest BCUT2D eigenvalue weighted by atomic mass is 10.1. The molecule has 7 heteroatoms. The zero-order valence-corrected chi connectivity index (χ0v) is 18.0. The Labute approximate surface area is 185 Å². The number of aromatic carboxylic acids is 1. The van der Waals surface area contributed by atoms with Gasteiger partial charge in [0.25, 0.3) is 0 Å². The molecule has 0 amide bonds. The number of halogens is 2. The van der Waals surface area contributed by atoms with E-state index in [1.807, 2.05) is 25.1 Å². The third-order valence-corrected chi connectivity index (χ3v) is 5.14. The molecule has 5 nitrogen and oxygen atoms in total. The van der Waals surface area contributed by atoms with Crippen LogP contribution in [0.3, 0.4) is 0 Å². The molecule has 0 aliphatic heterocycles. The van der Waals surface area contributed by atoms with Crippen LogP contribution in [0.15, 0.2) is 54.6 Å². The van der Waals surface area contributed by atoms with E-state index >= 15 is 0 Å². The van der Waals surface area contributed by atoms with Gasteiger partial charge in [-0.3, -0.25) is 0 Å². The van der Waals surface area contributed by atoms with E-state index in [-0.39, 0.29) is 17.7 Å². The normalized spacial score (nSPS) is 10.6. The molecule has 0 spiro atoms. The zero-order chi connectivity index (χ0) is 22.4. The van der Waals surface area contributed by atoms with Crippen molar-refractivity contribution in [2.45, 2.75) is 27.0 Å². The standard InChI is InChI=1S/C24H23ClFNO4/c1-3-30-23-12-16(13-27-21-9-4-6-17(15(21)2)24(28)29)10-11-22(23)31-14-18-19(25)7-5-8-20(18)26/h4-12,27H,3,13-14H2,1-2H3,(H,28,29). The zero-order valence-electron chi connectivity index (χ0n) is 17.2. The summed E-state index contributed by atoms with van der Waals surface area (Å²) in [5.74, 6) is -0.374. The topological polar surface area (TPSA) is 67.8 Å². The molecule has 3 aromatic carbocycles. The fourth-order valence-electron chi connectivity index (χ4n) is 3.13. The van der Waals surface area contributed by atoms with Crippen LogP contribution in [-0.4, -0.2) is 17.7 Å². The second-order valence-corrected chi connectivity index (χ2v) is 7.25. The van der Waals surface area contributed by atoms with Gasteiger partial charge in [-0.25, -0.2) is 9.18 Å². The summed E-state index contributed by atoms with van der Waals surface area (Å²) in [5, 5.41) is 12.8. The van der Waals surface area contributed by atoms with Gasteiger partial charge in [-0.1, -0.05) is 29.8 Å². The summed E-state index contributed by atoms with van der Waals surface area (Å²) >= 11 is 6.07. The predicted octanol–water partition coefficient (Wildman–Crippen LogP) is 6.08. The minimum absolute atomic E-state index is 0.0235. The van der Waals surface area contributed by atoms with Crippen LogP contribution in [0.2, 0.25) is 5.02 Å². The van der Waals surface area contributed by atoms with Gasteiger partial charge < -0.3 is 19.9 Å². The number of carboxylic acid groups (broad SMARTS) is 1. The molecule has 2 N–H and O–H groups in total. The van der Waals surface area contributed by atoms with Crippen molar-refractivity contribution in [1.82, 2.24) is 0 Å². The van der Waals surface area contributed by atoms with Crippen molar-refractivity contribution < 1.29 is 23.8 Å². The maximum atomic E-state index is 14.0. The molecule has 0 aliphatic carbocycles. The van der Waals surface area contributed by atoms with Gasteiger partial charge in [0.1, 0.15) is 12.4 Å². The number of carboxylic acids is 1. The van der Waals surface area contributed by atoms with Crippen molar-refractivity contribution in [2.75, 3.05) is 11.9 Å². The third-order valence-electron chi connectivity index (χ3n) is 4.79. The minimum Gasteiger partial charge on any atom is -0.490 e. The van der Waals surface area contributed by atoms with Crippen molar-refractivity contribution in [3.05, 3.63) is 87.7 Å². The quantitative estimate of drug-likeness (QED) is 0.419. The highest BCUT2D eigenvalue weighted by molar-refractivity contribution is 6.31. The molecule has 0 aliphatic rings. The monoisotopic (exact) mass is 443 g/mol. The number of rotatable bonds is 9. The van der Waals surface area contributed by atoms with Crippen LogP contribution in [-0.2, 0) is 13.2 Å². The molecule has 0 unspecified atom stereocenters. The number of benzene rings is 3. The number of carbonyl (C=O) groups is 1. The number of hydrogen-bond acceptors (Lipinski definition) is 4. The maximum Gasteiger partial charge on any atom is 0.336 e. The molecule has 3 rings (SSSR count). The molecule has 0 saturated heterocycles. The van der Waals surface area contributed by atoms with E-state index in [2.05, 4.69) is 5.32 Å². The summed E-state index contributed by atoms with van der Waals surface area (Å²) < 4.78 is 25.5. The Morgan fingerprint density at radius 1 is 1.10 bits per heavy atom. The van der Waals surface area contributed by atoms with Crippen molar-refractivity contribution >= 4 is 23.3 Å². The highest BCUT2D eigenvalue weighted by Gasteiger charge is 2.13. The molecule has 0 radical (unpaired) electrons. The fourth-order valence-corrected chi connectivity index (χ4v) is 3.34. The number of nitrogens with one attached hydrogen (secondary N) is 1. The molecule has 0 bridgehead atoms. The van der Waals surface area contributed by atoms with Crippen molar-refractivity contribution in [2.24, 2.45) is 0 Å². The first-order chi connectivity index (χ1) is 14.9. The first-order valence-electron chi connectivity index (χ1n) is 9.79. The fraction of sp³-hybridized carbons (Fsp3) is 0.208. The minimum atomic E-state index is -0.962. The second-order valence-electron chi connectivity index (χ2n) is 6.84. The highest BCUT2D eigenvalue weighted by Crippen LogP contribution is 2.31. The highest BCUT2D eigenvalue weighted by atomic mass is 35.5. The van der Waals surface area contributed by atoms with Crippen LogP contribution in [0.4, 0.5) is 10.1 Å². The average Bonchev–Trinajstić information content (AvgIpc) is 2.73. The van der Waals surface area contributed by atoms with Crippen molar-refractivity contribution in [1.29, 1.82) is 0 Å². The first-order valence-corrected chi connectivity index (χ1v) is 10.2. The molecule has 0 fully saturated rings. The summed E-state index contributed by atoms with van der Waals surface area (Å²) in [5.41, 5.74) is 2.87. The lowest BCUT2D eigenvalue weighted by molar-refractivity contribution is 0.0696. The summed E-state index contributed by atoms with van der Waals surface area (Å²) in [6, 6.07) is 15.1. The van der Waals surface area contributed by atoms with E-state index < -0.39 is 11.8 Å². The van der Waals surface area contributed by atoms with Crippen LogP contribution in [0.5, 0.6) is 11.5 Å². The van der Waals surface area contributed by atoms with E-state index in [1.54, 1.807) is 37.3 Å². The molecule has 0 aromatic heterocycles. The molecule has 0 atom stereocenters. The van der Waals surface area contributed by atoms with Gasteiger partial charge in [-0.15, -0.1) is 0 Å². The molecular formula is C24H23ClFNO4. The van der Waals surface area contributed by atoms with Gasteiger partial charge in [0.05, 0.1) is 17.2 Å². The Morgan fingerprint density at radius 2 is 1.87 bits per heavy atom. The Bertz CT molecular complexity index is 1070. The van der Waals surface area contributed by atoms with E-state index in [0.717, 1.165) is 11.3 Å². The second kappa shape index (κ2) is 10.2. The number of ether oxygens (including phenoxy) is 2. The van der Waals surface area contributed by atoms with Gasteiger partial charge in [0.2, 0.25) is 0 Å². The Morgan fingerprint density at radius 3 is 2.58 bits per heavy atom. The van der Waals surface area contributed by atoms with Gasteiger partial charge in [0, 0.05) is 17.8 Å². The molecule has 162 valence electrons. The van der Waals surface area contributed by atoms with E-state index in [4.69, 9.17) is 21.1 Å². The Balaban J connectivity index is 1.74. The van der Waals surface area contributed by atoms with Crippen LogP contribution in [0.1, 0.15) is 34.0 Å². The number of hydrogen-bond donors (Lipinski definition) is 2. The predicted molar refractivity (Wildman–Crippen MR) is 119 cm³/mol. The summed E-state index contributed by atoms with van der Waals surface area (Å²) in [6.45, 7) is 4.51. The van der Waals surface area contributed by atoms with Crippen molar-refractivity contribution in [3.63, 3.8) is 0 Å². The van der Waals surface area contributed by atoms with E-state index in [9.17, 15) is 14.3 Å². The maximum absolute atomic E-state index is 14.0. The molecular weight excluding hydrogens is 421 g/mol. The average molecular weight is 444 g/mol. The Kier molecular flexibility index (Phi) is 7.36. The van der Waals surface area contributed by atoms with Gasteiger partial charge >= 0.3 is 5.97 Å². The molecule has 0 saturated carbocycles. The van der Waals surface area contributed by atoms with Crippen LogP contribution < -0.4 is 14.8 Å². The third kappa shape index (κ3) is 5.47. The van der Waals surface area contributed by atoms with Crippen LogP contribution in [0.25, 0.3) is 0 Å². The van der Waals surface area contributed by atoms with Crippen molar-refractivity contribution in [3.8, 4) is 11.5 Å². The lowest BCUT2D eigenvalue weighted by Crippen LogP contribution is -2.06.